The van der Waals surface area contributed by atoms with Crippen molar-refractivity contribution in [3.8, 4) is 0 Å². The Labute approximate surface area is 121 Å². The second kappa shape index (κ2) is 6.33. The lowest BCUT2D eigenvalue weighted by Crippen LogP contribution is -2.45. The maximum absolute atomic E-state index is 4.20. The van der Waals surface area contributed by atoms with Gasteiger partial charge in [-0.3, -0.25) is 4.98 Å². The molecule has 1 aromatic carbocycles. The molecule has 1 aliphatic rings. The largest absolute Gasteiger partial charge is 0.309 e. The maximum atomic E-state index is 4.20. The van der Waals surface area contributed by atoms with Crippen LogP contribution in [-0.4, -0.2) is 35.6 Å². The number of nitrogens with zero attached hydrogens (tertiary/aromatic N) is 2. The van der Waals surface area contributed by atoms with Gasteiger partial charge in [0.1, 0.15) is 0 Å². The highest BCUT2D eigenvalue weighted by Gasteiger charge is 2.18. The first-order valence-electron chi connectivity index (χ1n) is 7.64. The van der Waals surface area contributed by atoms with Crippen molar-refractivity contribution in [3.05, 3.63) is 42.2 Å². The molecular formula is C17H23N3. The fourth-order valence-electron chi connectivity index (χ4n) is 3.11. The summed E-state index contributed by atoms with van der Waals surface area (Å²) in [6.07, 6.45) is 6.43. The molecule has 3 nitrogen and oxygen atoms in total. The zero-order valence-corrected chi connectivity index (χ0v) is 12.2. The lowest BCUT2D eigenvalue weighted by atomic mass is 10.0. The Balaban J connectivity index is 1.68. The van der Waals surface area contributed by atoms with Crippen LogP contribution in [0.2, 0.25) is 0 Å². The Bertz CT molecular complexity index is 562. The van der Waals surface area contributed by atoms with E-state index in [1.807, 2.05) is 12.4 Å². The molecule has 1 fully saturated rings. The van der Waals surface area contributed by atoms with Crippen molar-refractivity contribution < 1.29 is 0 Å². The standard InChI is InChI=1S/C17H23N3/c1-2-20-10-4-7-16(13-20)19-12-15-6-3-5-14-11-18-9-8-17(14)15/h3,5-6,8-9,11,16,19H,2,4,7,10,12-13H2,1H3. The Hall–Kier alpha value is -1.45. The van der Waals surface area contributed by atoms with Crippen LogP contribution < -0.4 is 5.32 Å². The van der Waals surface area contributed by atoms with Gasteiger partial charge in [0, 0.05) is 36.9 Å². The number of likely N-dealkylation sites (N-methyl/N-ethyl adjacent to an activating group) is 1. The number of fused-ring (bicyclic) bond motifs is 1. The monoisotopic (exact) mass is 269 g/mol. The highest BCUT2D eigenvalue weighted by Crippen LogP contribution is 2.18. The molecule has 0 radical (unpaired) electrons. The molecule has 1 aromatic heterocycles. The van der Waals surface area contributed by atoms with Crippen molar-refractivity contribution in [3.63, 3.8) is 0 Å². The number of hydrogen-bond donors (Lipinski definition) is 1. The molecule has 1 N–H and O–H groups in total. The quantitative estimate of drug-likeness (QED) is 0.925. The summed E-state index contributed by atoms with van der Waals surface area (Å²) in [7, 11) is 0. The van der Waals surface area contributed by atoms with Crippen LogP contribution in [0, 0.1) is 0 Å². The van der Waals surface area contributed by atoms with Crippen LogP contribution >= 0.6 is 0 Å². The summed E-state index contributed by atoms with van der Waals surface area (Å²) in [5.74, 6) is 0. The van der Waals surface area contributed by atoms with Gasteiger partial charge in [-0.05, 0) is 42.9 Å². The normalized spacial score (nSPS) is 20.4. The second-order valence-corrected chi connectivity index (χ2v) is 5.63. The average Bonchev–Trinajstić information content (AvgIpc) is 2.53. The summed E-state index contributed by atoms with van der Waals surface area (Å²) in [6, 6.07) is 9.22. The fraction of sp³-hybridized carbons (Fsp3) is 0.471. The Morgan fingerprint density at radius 2 is 2.30 bits per heavy atom. The predicted molar refractivity (Wildman–Crippen MR) is 83.7 cm³/mol. The van der Waals surface area contributed by atoms with E-state index in [-0.39, 0.29) is 0 Å². The number of pyridine rings is 1. The summed E-state index contributed by atoms with van der Waals surface area (Å²) < 4.78 is 0. The van der Waals surface area contributed by atoms with Crippen LogP contribution in [0.5, 0.6) is 0 Å². The lowest BCUT2D eigenvalue weighted by Gasteiger charge is -2.32. The molecule has 0 spiro atoms. The van der Waals surface area contributed by atoms with E-state index in [2.05, 4.69) is 46.4 Å². The fourth-order valence-corrected chi connectivity index (χ4v) is 3.11. The van der Waals surface area contributed by atoms with Crippen LogP contribution in [0.25, 0.3) is 10.8 Å². The van der Waals surface area contributed by atoms with Gasteiger partial charge in [-0.1, -0.05) is 25.1 Å². The van der Waals surface area contributed by atoms with Gasteiger partial charge in [0.2, 0.25) is 0 Å². The third-order valence-electron chi connectivity index (χ3n) is 4.30. The van der Waals surface area contributed by atoms with Gasteiger partial charge in [0.05, 0.1) is 0 Å². The third-order valence-corrected chi connectivity index (χ3v) is 4.30. The van der Waals surface area contributed by atoms with E-state index in [1.165, 1.54) is 42.3 Å². The number of likely N-dealkylation sites (tertiary alicyclic amines) is 1. The minimum Gasteiger partial charge on any atom is -0.309 e. The summed E-state index contributed by atoms with van der Waals surface area (Å²) >= 11 is 0. The number of piperidine rings is 1. The molecule has 0 aliphatic carbocycles. The summed E-state index contributed by atoms with van der Waals surface area (Å²) in [5.41, 5.74) is 1.37. The van der Waals surface area contributed by atoms with Gasteiger partial charge in [0.25, 0.3) is 0 Å². The lowest BCUT2D eigenvalue weighted by molar-refractivity contribution is 0.198. The molecule has 0 bridgehead atoms. The minimum absolute atomic E-state index is 0.626. The van der Waals surface area contributed by atoms with Gasteiger partial charge in [-0.25, -0.2) is 0 Å². The van der Waals surface area contributed by atoms with Crippen LogP contribution in [0.4, 0.5) is 0 Å². The zero-order valence-electron chi connectivity index (χ0n) is 12.2. The second-order valence-electron chi connectivity index (χ2n) is 5.63. The van der Waals surface area contributed by atoms with Gasteiger partial charge < -0.3 is 10.2 Å². The van der Waals surface area contributed by atoms with Crippen molar-refractivity contribution in [2.75, 3.05) is 19.6 Å². The highest BCUT2D eigenvalue weighted by atomic mass is 15.2. The molecule has 2 heterocycles. The molecule has 1 aliphatic heterocycles. The molecule has 2 aromatic rings. The Morgan fingerprint density at radius 1 is 1.35 bits per heavy atom. The van der Waals surface area contributed by atoms with E-state index in [4.69, 9.17) is 0 Å². The van der Waals surface area contributed by atoms with Crippen molar-refractivity contribution in [1.82, 2.24) is 15.2 Å². The van der Waals surface area contributed by atoms with Crippen molar-refractivity contribution in [2.24, 2.45) is 0 Å². The van der Waals surface area contributed by atoms with E-state index < -0.39 is 0 Å². The average molecular weight is 269 g/mol. The smallest absolute Gasteiger partial charge is 0.0346 e. The molecular weight excluding hydrogens is 246 g/mol. The molecule has 3 heteroatoms. The van der Waals surface area contributed by atoms with Gasteiger partial charge >= 0.3 is 0 Å². The summed E-state index contributed by atoms with van der Waals surface area (Å²) in [6.45, 7) is 6.80. The first-order valence-corrected chi connectivity index (χ1v) is 7.64. The molecule has 20 heavy (non-hydrogen) atoms. The van der Waals surface area contributed by atoms with E-state index in [9.17, 15) is 0 Å². The zero-order chi connectivity index (χ0) is 13.8. The van der Waals surface area contributed by atoms with Gasteiger partial charge in [-0.2, -0.15) is 0 Å². The van der Waals surface area contributed by atoms with E-state index >= 15 is 0 Å². The molecule has 1 unspecified atom stereocenters. The van der Waals surface area contributed by atoms with Crippen LogP contribution in [-0.2, 0) is 6.54 Å². The van der Waals surface area contributed by atoms with Crippen molar-refractivity contribution in [1.29, 1.82) is 0 Å². The van der Waals surface area contributed by atoms with Crippen LogP contribution in [0.3, 0.4) is 0 Å². The molecule has 106 valence electrons. The van der Waals surface area contributed by atoms with Gasteiger partial charge in [0.15, 0.2) is 0 Å². The third kappa shape index (κ3) is 3.00. The summed E-state index contributed by atoms with van der Waals surface area (Å²) in [4.78, 5) is 6.73. The SMILES string of the molecule is CCN1CCCC(NCc2cccc3cnccc23)C1. The number of rotatable bonds is 4. The number of aromatic nitrogens is 1. The Kier molecular flexibility index (Phi) is 4.28. The minimum atomic E-state index is 0.626. The van der Waals surface area contributed by atoms with Crippen molar-refractivity contribution in [2.45, 2.75) is 32.4 Å². The molecule has 0 saturated carbocycles. The van der Waals surface area contributed by atoms with Gasteiger partial charge in [-0.15, -0.1) is 0 Å². The van der Waals surface area contributed by atoms with Crippen LogP contribution in [0.1, 0.15) is 25.3 Å². The predicted octanol–water partition coefficient (Wildman–Crippen LogP) is 2.81. The molecule has 1 atom stereocenters. The number of hydrogen-bond acceptors (Lipinski definition) is 3. The summed E-state index contributed by atoms with van der Waals surface area (Å²) in [5, 5.41) is 6.28. The van der Waals surface area contributed by atoms with E-state index in [1.54, 1.807) is 0 Å². The molecule has 3 rings (SSSR count). The van der Waals surface area contributed by atoms with Crippen molar-refractivity contribution >= 4 is 10.8 Å². The topological polar surface area (TPSA) is 28.2 Å². The van der Waals surface area contributed by atoms with E-state index in [0.717, 1.165) is 13.1 Å². The number of nitrogens with one attached hydrogen (secondary N) is 1. The first-order chi connectivity index (χ1) is 9.86. The first kappa shape index (κ1) is 13.5. The highest BCUT2D eigenvalue weighted by molar-refractivity contribution is 5.84. The molecule has 1 saturated heterocycles. The number of benzene rings is 1. The Morgan fingerprint density at radius 3 is 3.20 bits per heavy atom. The maximum Gasteiger partial charge on any atom is 0.0346 e. The van der Waals surface area contributed by atoms with E-state index in [0.29, 0.717) is 6.04 Å². The molecule has 0 amide bonds. The van der Waals surface area contributed by atoms with Crippen LogP contribution in [0.15, 0.2) is 36.7 Å².